The van der Waals surface area contributed by atoms with Gasteiger partial charge in [0.1, 0.15) is 0 Å². The van der Waals surface area contributed by atoms with Gasteiger partial charge < -0.3 is 9.67 Å². The lowest BCUT2D eigenvalue weighted by atomic mass is 10.1. The number of hydrogen-bond donors (Lipinski definition) is 1. The van der Waals surface area contributed by atoms with Gasteiger partial charge in [0, 0.05) is 24.9 Å². The molecule has 0 amide bonds. The second-order valence-corrected chi connectivity index (χ2v) is 5.89. The fourth-order valence-electron chi connectivity index (χ4n) is 3.04. The van der Waals surface area contributed by atoms with Gasteiger partial charge in [-0.2, -0.15) is 0 Å². The molecule has 2 aromatic carbocycles. The fourth-order valence-corrected chi connectivity index (χ4v) is 3.04. The Morgan fingerprint density at radius 3 is 2.61 bits per heavy atom. The van der Waals surface area contributed by atoms with E-state index in [-0.39, 0.29) is 6.61 Å². The Hall–Kier alpha value is -2.59. The summed E-state index contributed by atoms with van der Waals surface area (Å²) in [6.07, 6.45) is 2.86. The molecule has 0 spiro atoms. The van der Waals surface area contributed by atoms with Crippen molar-refractivity contribution in [3.05, 3.63) is 60.3 Å². The summed E-state index contributed by atoms with van der Waals surface area (Å²) in [4.78, 5) is 4.78. The Kier molecular flexibility index (Phi) is 3.39. The third kappa shape index (κ3) is 2.32. The van der Waals surface area contributed by atoms with Crippen molar-refractivity contribution in [1.82, 2.24) is 14.0 Å². The van der Waals surface area contributed by atoms with Crippen LogP contribution in [0.25, 0.3) is 28.1 Å². The first-order valence-corrected chi connectivity index (χ1v) is 7.92. The van der Waals surface area contributed by atoms with Gasteiger partial charge in [0.15, 0.2) is 0 Å². The third-order valence-corrected chi connectivity index (χ3v) is 4.22. The molecule has 4 aromatic rings. The molecule has 116 valence electrons. The molecule has 0 bridgehead atoms. The maximum absolute atomic E-state index is 9.15. The maximum Gasteiger partial charge on any atom is 0.215 e. The highest BCUT2D eigenvalue weighted by atomic mass is 16.3. The van der Waals surface area contributed by atoms with Crippen LogP contribution in [0.2, 0.25) is 0 Å². The highest BCUT2D eigenvalue weighted by Gasteiger charge is 2.15. The molecule has 4 heteroatoms. The summed E-state index contributed by atoms with van der Waals surface area (Å²) in [5.41, 5.74) is 5.66. The molecule has 0 atom stereocenters. The van der Waals surface area contributed by atoms with Gasteiger partial charge in [0.05, 0.1) is 16.7 Å². The van der Waals surface area contributed by atoms with Crippen LogP contribution in [0.1, 0.15) is 12.0 Å². The molecule has 0 saturated carbocycles. The highest BCUT2D eigenvalue weighted by Crippen LogP contribution is 2.27. The molecule has 4 rings (SSSR count). The second-order valence-electron chi connectivity index (χ2n) is 5.89. The monoisotopic (exact) mass is 305 g/mol. The lowest BCUT2D eigenvalue weighted by Gasteiger charge is -2.01. The van der Waals surface area contributed by atoms with Crippen LogP contribution in [0, 0.1) is 6.92 Å². The molecular formula is C19H19N3O. The minimum absolute atomic E-state index is 0.185. The van der Waals surface area contributed by atoms with E-state index in [1.54, 1.807) is 0 Å². The molecule has 0 fully saturated rings. The van der Waals surface area contributed by atoms with Gasteiger partial charge in [0.25, 0.3) is 0 Å². The zero-order valence-electron chi connectivity index (χ0n) is 13.1. The minimum Gasteiger partial charge on any atom is -0.396 e. The first-order valence-electron chi connectivity index (χ1n) is 7.92. The van der Waals surface area contributed by atoms with Crippen LogP contribution >= 0.6 is 0 Å². The van der Waals surface area contributed by atoms with Crippen LogP contribution in [0.4, 0.5) is 0 Å². The molecule has 1 N–H and O–H groups in total. The molecule has 0 radical (unpaired) electrons. The second kappa shape index (κ2) is 5.56. The van der Waals surface area contributed by atoms with E-state index < -0.39 is 0 Å². The summed E-state index contributed by atoms with van der Waals surface area (Å²) in [6, 6.07) is 16.8. The van der Waals surface area contributed by atoms with Crippen molar-refractivity contribution >= 4 is 16.8 Å². The van der Waals surface area contributed by atoms with Gasteiger partial charge in [-0.05, 0) is 25.5 Å². The van der Waals surface area contributed by atoms with E-state index in [1.807, 2.05) is 18.2 Å². The minimum atomic E-state index is 0.185. The van der Waals surface area contributed by atoms with E-state index in [4.69, 9.17) is 10.1 Å². The normalized spacial score (nSPS) is 11.6. The molecule has 0 unspecified atom stereocenters. The summed E-state index contributed by atoms with van der Waals surface area (Å²) < 4.78 is 4.34. The van der Waals surface area contributed by atoms with E-state index in [0.717, 1.165) is 35.5 Å². The highest BCUT2D eigenvalue weighted by molar-refractivity contribution is 5.83. The molecule has 4 nitrogen and oxygen atoms in total. The average Bonchev–Trinajstić information content (AvgIpc) is 3.11. The molecule has 2 aromatic heterocycles. The van der Waals surface area contributed by atoms with Crippen LogP contribution in [0.15, 0.2) is 54.7 Å². The van der Waals surface area contributed by atoms with Crippen LogP contribution in [0.3, 0.4) is 0 Å². The molecule has 0 aliphatic heterocycles. The number of aromatic nitrogens is 3. The third-order valence-electron chi connectivity index (χ3n) is 4.22. The molecule has 2 heterocycles. The zero-order chi connectivity index (χ0) is 15.8. The number of aliphatic hydroxyl groups is 1. The van der Waals surface area contributed by atoms with Gasteiger partial charge in [-0.1, -0.05) is 42.0 Å². The average molecular weight is 305 g/mol. The van der Waals surface area contributed by atoms with Crippen molar-refractivity contribution in [2.24, 2.45) is 0 Å². The number of hydrogen-bond acceptors (Lipinski definition) is 2. The lowest BCUT2D eigenvalue weighted by Crippen LogP contribution is -1.99. The van der Waals surface area contributed by atoms with Gasteiger partial charge in [-0.15, -0.1) is 0 Å². The largest absolute Gasteiger partial charge is 0.396 e. The van der Waals surface area contributed by atoms with Crippen molar-refractivity contribution < 1.29 is 5.11 Å². The Bertz CT molecular complexity index is 964. The Balaban J connectivity index is 1.99. The van der Waals surface area contributed by atoms with Gasteiger partial charge in [-0.3, -0.25) is 4.40 Å². The zero-order valence-corrected chi connectivity index (χ0v) is 13.1. The topological polar surface area (TPSA) is 42.5 Å². The van der Waals surface area contributed by atoms with Crippen molar-refractivity contribution in [3.63, 3.8) is 0 Å². The smallest absolute Gasteiger partial charge is 0.215 e. The van der Waals surface area contributed by atoms with Crippen molar-refractivity contribution in [3.8, 4) is 11.3 Å². The number of nitrogens with zero attached hydrogens (tertiary/aromatic N) is 3. The van der Waals surface area contributed by atoms with Crippen LogP contribution in [-0.4, -0.2) is 25.7 Å². The number of benzene rings is 2. The summed E-state index contributed by atoms with van der Waals surface area (Å²) in [5, 5.41) is 9.15. The standard InChI is InChI=1S/C19H19N3O/c1-14-7-9-15(10-8-14)18-13-21(11-4-12-23)19-20-16-5-2-3-6-17(16)22(18)19/h2-3,5-10,13,23H,4,11-12H2,1H3. The fraction of sp³-hybridized carbons (Fsp3) is 0.211. The molecule has 0 saturated heterocycles. The number of aliphatic hydroxyl groups excluding tert-OH is 1. The Morgan fingerprint density at radius 1 is 1.04 bits per heavy atom. The summed E-state index contributed by atoms with van der Waals surface area (Å²) in [6.45, 7) is 3.04. The number of imidazole rings is 2. The number of rotatable bonds is 4. The number of fused-ring (bicyclic) bond motifs is 3. The number of para-hydroxylation sites is 2. The van der Waals surface area contributed by atoms with Gasteiger partial charge >= 0.3 is 0 Å². The van der Waals surface area contributed by atoms with Crippen LogP contribution in [-0.2, 0) is 6.54 Å². The van der Waals surface area contributed by atoms with Crippen molar-refractivity contribution in [1.29, 1.82) is 0 Å². The quantitative estimate of drug-likeness (QED) is 0.625. The van der Waals surface area contributed by atoms with Crippen molar-refractivity contribution in [2.75, 3.05) is 6.61 Å². The SMILES string of the molecule is Cc1ccc(-c2cn(CCCO)c3nc4ccccc4n23)cc1. The van der Waals surface area contributed by atoms with E-state index >= 15 is 0 Å². The molecule has 23 heavy (non-hydrogen) atoms. The number of aryl methyl sites for hydroxylation is 2. The lowest BCUT2D eigenvalue weighted by molar-refractivity contribution is 0.280. The Labute approximate surface area is 134 Å². The summed E-state index contributed by atoms with van der Waals surface area (Å²) in [5.74, 6) is 0.926. The van der Waals surface area contributed by atoms with Gasteiger partial charge in [-0.25, -0.2) is 4.98 Å². The van der Waals surface area contributed by atoms with E-state index in [9.17, 15) is 0 Å². The van der Waals surface area contributed by atoms with Crippen molar-refractivity contribution in [2.45, 2.75) is 19.9 Å². The maximum atomic E-state index is 9.15. The first-order chi connectivity index (χ1) is 11.3. The molecule has 0 aliphatic rings. The van der Waals surface area contributed by atoms with E-state index in [1.165, 1.54) is 11.1 Å². The van der Waals surface area contributed by atoms with Crippen LogP contribution < -0.4 is 0 Å². The van der Waals surface area contributed by atoms with Crippen LogP contribution in [0.5, 0.6) is 0 Å². The summed E-state index contributed by atoms with van der Waals surface area (Å²) in [7, 11) is 0. The molecular weight excluding hydrogens is 286 g/mol. The predicted octanol–water partition coefficient (Wildman–Crippen LogP) is 3.65. The Morgan fingerprint density at radius 2 is 1.83 bits per heavy atom. The summed E-state index contributed by atoms with van der Waals surface area (Å²) >= 11 is 0. The first kappa shape index (κ1) is 14.0. The predicted molar refractivity (Wildman–Crippen MR) is 92.6 cm³/mol. The molecule has 0 aliphatic carbocycles. The van der Waals surface area contributed by atoms with Gasteiger partial charge in [0.2, 0.25) is 5.78 Å². The van der Waals surface area contributed by atoms with E-state index in [0.29, 0.717) is 0 Å². The van der Waals surface area contributed by atoms with E-state index in [2.05, 4.69) is 52.4 Å².